The van der Waals surface area contributed by atoms with Gasteiger partial charge in [0.1, 0.15) is 0 Å². The Hall–Kier alpha value is -1.66. The summed E-state index contributed by atoms with van der Waals surface area (Å²) in [6, 6.07) is 4.22. The predicted molar refractivity (Wildman–Crippen MR) is 93.5 cm³/mol. The summed E-state index contributed by atoms with van der Waals surface area (Å²) < 4.78 is 0. The number of nitrogens with zero attached hydrogens (tertiary/aromatic N) is 1. The molecule has 0 amide bonds. The van der Waals surface area contributed by atoms with Gasteiger partial charge in [0.2, 0.25) is 0 Å². The summed E-state index contributed by atoms with van der Waals surface area (Å²) in [5, 5.41) is 17.6. The van der Waals surface area contributed by atoms with E-state index in [1.807, 2.05) is 0 Å². The van der Waals surface area contributed by atoms with Gasteiger partial charge in [-0.1, -0.05) is 23.3 Å². The van der Waals surface area contributed by atoms with E-state index in [-0.39, 0.29) is 5.69 Å². The van der Waals surface area contributed by atoms with Gasteiger partial charge in [0.05, 0.1) is 15.6 Å². The van der Waals surface area contributed by atoms with Gasteiger partial charge in [0, 0.05) is 18.7 Å². The van der Waals surface area contributed by atoms with Crippen molar-refractivity contribution in [2.24, 2.45) is 0 Å². The van der Waals surface area contributed by atoms with Crippen LogP contribution in [0.4, 0.5) is 11.4 Å². The van der Waals surface area contributed by atoms with Crippen molar-refractivity contribution >= 4 is 40.3 Å². The van der Waals surface area contributed by atoms with Gasteiger partial charge in [0.15, 0.2) is 5.11 Å². The number of allylic oxidation sites excluding steroid dienone is 1. The summed E-state index contributed by atoms with van der Waals surface area (Å²) >= 11 is 11.2. The molecule has 1 aromatic carbocycles. The van der Waals surface area contributed by atoms with E-state index in [0.717, 1.165) is 13.0 Å². The van der Waals surface area contributed by atoms with Crippen molar-refractivity contribution in [3.63, 3.8) is 0 Å². The molecule has 1 aliphatic rings. The molecule has 0 atom stereocenters. The Morgan fingerprint density at radius 2 is 2.23 bits per heavy atom. The van der Waals surface area contributed by atoms with Gasteiger partial charge in [-0.05, 0) is 50.4 Å². The molecular formula is C15H18ClN3O2S. The lowest BCUT2D eigenvalue weighted by Gasteiger charge is -2.15. The van der Waals surface area contributed by atoms with E-state index in [1.54, 1.807) is 0 Å². The lowest BCUT2D eigenvalue weighted by Crippen LogP contribution is -2.29. The van der Waals surface area contributed by atoms with E-state index in [1.165, 1.54) is 49.5 Å². The average molecular weight is 340 g/mol. The van der Waals surface area contributed by atoms with E-state index in [9.17, 15) is 10.1 Å². The molecule has 0 saturated carbocycles. The first-order valence-electron chi connectivity index (χ1n) is 7.23. The average Bonchev–Trinajstić information content (AvgIpc) is 2.50. The standard InChI is InChI=1S/C15H18ClN3O2S/c16-13-7-6-12(19(20)21)10-14(13)18-15(22)17-9-8-11-4-2-1-3-5-11/h4,6-7,10H,1-3,5,8-9H2,(H2,17,18,22). The summed E-state index contributed by atoms with van der Waals surface area (Å²) in [7, 11) is 0. The number of halogens is 1. The molecule has 0 saturated heterocycles. The maximum atomic E-state index is 10.8. The molecule has 0 unspecified atom stereocenters. The Balaban J connectivity index is 1.85. The minimum absolute atomic E-state index is 0.0259. The van der Waals surface area contributed by atoms with Crippen molar-refractivity contribution in [3.05, 3.63) is 45.0 Å². The zero-order chi connectivity index (χ0) is 15.9. The first-order chi connectivity index (χ1) is 10.6. The Morgan fingerprint density at radius 3 is 2.91 bits per heavy atom. The number of nitrogens with one attached hydrogen (secondary N) is 2. The molecule has 22 heavy (non-hydrogen) atoms. The molecule has 0 spiro atoms. The third-order valence-electron chi connectivity index (χ3n) is 3.53. The Morgan fingerprint density at radius 1 is 1.41 bits per heavy atom. The maximum Gasteiger partial charge on any atom is 0.271 e. The smallest absolute Gasteiger partial charge is 0.271 e. The van der Waals surface area contributed by atoms with Crippen LogP contribution in [0.3, 0.4) is 0 Å². The Labute approximate surface area is 139 Å². The van der Waals surface area contributed by atoms with Crippen molar-refractivity contribution in [2.45, 2.75) is 32.1 Å². The van der Waals surface area contributed by atoms with Crippen molar-refractivity contribution in [3.8, 4) is 0 Å². The zero-order valence-electron chi connectivity index (χ0n) is 12.1. The van der Waals surface area contributed by atoms with Crippen LogP contribution in [0.2, 0.25) is 5.02 Å². The number of rotatable bonds is 5. The molecule has 0 aliphatic heterocycles. The molecule has 118 valence electrons. The second-order valence-electron chi connectivity index (χ2n) is 5.16. The van der Waals surface area contributed by atoms with Crippen molar-refractivity contribution in [2.75, 3.05) is 11.9 Å². The number of nitro benzene ring substituents is 1. The van der Waals surface area contributed by atoms with Gasteiger partial charge >= 0.3 is 0 Å². The highest BCUT2D eigenvalue weighted by Gasteiger charge is 2.11. The number of thiocarbonyl (C=S) groups is 1. The first-order valence-corrected chi connectivity index (χ1v) is 8.01. The van der Waals surface area contributed by atoms with Gasteiger partial charge < -0.3 is 10.6 Å². The fourth-order valence-corrected chi connectivity index (χ4v) is 2.73. The number of nitro groups is 1. The van der Waals surface area contributed by atoms with Gasteiger partial charge in [-0.25, -0.2) is 0 Å². The van der Waals surface area contributed by atoms with Crippen LogP contribution in [-0.4, -0.2) is 16.6 Å². The number of anilines is 1. The SMILES string of the molecule is O=[N+]([O-])c1ccc(Cl)c(NC(=S)NCCC2=CCCCC2)c1. The number of hydrogen-bond acceptors (Lipinski definition) is 3. The quantitative estimate of drug-likeness (QED) is 0.359. The zero-order valence-corrected chi connectivity index (χ0v) is 13.7. The van der Waals surface area contributed by atoms with Crippen LogP contribution < -0.4 is 10.6 Å². The third kappa shape index (κ3) is 4.96. The minimum Gasteiger partial charge on any atom is -0.362 e. The van der Waals surface area contributed by atoms with Crippen molar-refractivity contribution in [1.82, 2.24) is 5.32 Å². The second kappa shape index (κ2) is 8.10. The lowest BCUT2D eigenvalue weighted by atomic mass is 9.97. The van der Waals surface area contributed by atoms with E-state index < -0.39 is 4.92 Å². The highest BCUT2D eigenvalue weighted by Crippen LogP contribution is 2.26. The van der Waals surface area contributed by atoms with E-state index in [4.69, 9.17) is 23.8 Å². The highest BCUT2D eigenvalue weighted by molar-refractivity contribution is 7.80. The molecule has 7 heteroatoms. The fourth-order valence-electron chi connectivity index (χ4n) is 2.36. The normalized spacial score (nSPS) is 14.1. The van der Waals surface area contributed by atoms with E-state index in [0.29, 0.717) is 15.8 Å². The number of non-ortho nitro benzene ring substituents is 1. The Bertz CT molecular complexity index is 604. The summed E-state index contributed by atoms with van der Waals surface area (Å²) in [6.07, 6.45) is 8.14. The lowest BCUT2D eigenvalue weighted by molar-refractivity contribution is -0.384. The van der Waals surface area contributed by atoms with Gasteiger partial charge in [-0.2, -0.15) is 0 Å². The predicted octanol–water partition coefficient (Wildman–Crippen LogP) is 4.43. The van der Waals surface area contributed by atoms with Gasteiger partial charge in [-0.3, -0.25) is 10.1 Å². The molecule has 2 N–H and O–H groups in total. The molecule has 0 heterocycles. The molecule has 5 nitrogen and oxygen atoms in total. The maximum absolute atomic E-state index is 10.8. The topological polar surface area (TPSA) is 67.2 Å². The van der Waals surface area contributed by atoms with E-state index >= 15 is 0 Å². The molecule has 0 aromatic heterocycles. The summed E-state index contributed by atoms with van der Waals surface area (Å²) in [5.41, 5.74) is 1.88. The van der Waals surface area contributed by atoms with Crippen LogP contribution in [-0.2, 0) is 0 Å². The van der Waals surface area contributed by atoms with E-state index in [2.05, 4.69) is 16.7 Å². The Kier molecular flexibility index (Phi) is 6.15. The number of hydrogen-bond donors (Lipinski definition) is 2. The van der Waals surface area contributed by atoms with Crippen molar-refractivity contribution in [1.29, 1.82) is 0 Å². The molecule has 2 rings (SSSR count). The van der Waals surface area contributed by atoms with Crippen LogP contribution in [0.15, 0.2) is 29.8 Å². The molecule has 1 aromatic rings. The molecule has 0 radical (unpaired) electrons. The van der Waals surface area contributed by atoms with Crippen LogP contribution in [0, 0.1) is 10.1 Å². The summed E-state index contributed by atoms with van der Waals surface area (Å²) in [4.78, 5) is 10.3. The van der Waals surface area contributed by atoms with Crippen LogP contribution in [0.25, 0.3) is 0 Å². The van der Waals surface area contributed by atoms with Crippen LogP contribution in [0.5, 0.6) is 0 Å². The molecule has 1 aliphatic carbocycles. The monoisotopic (exact) mass is 339 g/mol. The van der Waals surface area contributed by atoms with Gasteiger partial charge in [0.25, 0.3) is 5.69 Å². The molecule has 0 bridgehead atoms. The largest absolute Gasteiger partial charge is 0.362 e. The fraction of sp³-hybridized carbons (Fsp3) is 0.400. The third-order valence-corrected chi connectivity index (χ3v) is 4.10. The first kappa shape index (κ1) is 16.7. The minimum atomic E-state index is -0.465. The number of benzene rings is 1. The van der Waals surface area contributed by atoms with Gasteiger partial charge in [-0.15, -0.1) is 0 Å². The molecular weight excluding hydrogens is 322 g/mol. The summed E-state index contributed by atoms with van der Waals surface area (Å²) in [6.45, 7) is 0.740. The van der Waals surface area contributed by atoms with Crippen molar-refractivity contribution < 1.29 is 4.92 Å². The summed E-state index contributed by atoms with van der Waals surface area (Å²) in [5.74, 6) is 0. The van der Waals surface area contributed by atoms with Crippen LogP contribution >= 0.6 is 23.8 Å². The second-order valence-corrected chi connectivity index (χ2v) is 5.98. The highest BCUT2D eigenvalue weighted by atomic mass is 35.5. The molecule has 0 fully saturated rings. The van der Waals surface area contributed by atoms with Crippen LogP contribution in [0.1, 0.15) is 32.1 Å².